The maximum absolute atomic E-state index is 6.08. The summed E-state index contributed by atoms with van der Waals surface area (Å²) in [6.07, 6.45) is 1.32. The van der Waals surface area contributed by atoms with Crippen LogP contribution in [0.25, 0.3) is 10.9 Å². The highest BCUT2D eigenvalue weighted by molar-refractivity contribution is 7.09. The summed E-state index contributed by atoms with van der Waals surface area (Å²) in [6, 6.07) is 10.6. The summed E-state index contributed by atoms with van der Waals surface area (Å²) in [7, 11) is 0. The van der Waals surface area contributed by atoms with E-state index in [2.05, 4.69) is 51.4 Å². The largest absolute Gasteiger partial charge is 0.370 e. The molecule has 4 rings (SSSR count). The van der Waals surface area contributed by atoms with E-state index in [4.69, 9.17) is 4.74 Å². The van der Waals surface area contributed by atoms with Gasteiger partial charge >= 0.3 is 0 Å². The third-order valence-electron chi connectivity index (χ3n) is 4.44. The zero-order valence-corrected chi connectivity index (χ0v) is 14.8. The number of aryl methyl sites for hydroxylation is 2. The predicted molar refractivity (Wildman–Crippen MR) is 98.7 cm³/mol. The fraction of sp³-hybridized carbons (Fsp3) is 0.368. The van der Waals surface area contributed by atoms with E-state index in [1.807, 2.05) is 13.0 Å². The van der Waals surface area contributed by atoms with E-state index < -0.39 is 0 Å². The average Bonchev–Trinajstić information content (AvgIpc) is 3.21. The molecule has 1 saturated heterocycles. The van der Waals surface area contributed by atoms with Gasteiger partial charge < -0.3 is 9.64 Å². The summed E-state index contributed by atoms with van der Waals surface area (Å²) in [4.78, 5) is 11.5. The first kappa shape index (κ1) is 15.5. The van der Waals surface area contributed by atoms with Crippen molar-refractivity contribution in [2.45, 2.75) is 33.0 Å². The van der Waals surface area contributed by atoms with Crippen molar-refractivity contribution in [2.24, 2.45) is 0 Å². The Labute approximate surface area is 146 Å². The fourth-order valence-corrected chi connectivity index (χ4v) is 3.91. The molecule has 1 atom stereocenters. The monoisotopic (exact) mass is 339 g/mol. The van der Waals surface area contributed by atoms with Gasteiger partial charge in [0.05, 0.1) is 28.9 Å². The fourth-order valence-electron chi connectivity index (χ4n) is 3.31. The highest BCUT2D eigenvalue weighted by atomic mass is 32.1. The lowest BCUT2D eigenvalue weighted by Gasteiger charge is -2.21. The Kier molecular flexibility index (Phi) is 4.21. The second-order valence-electron chi connectivity index (χ2n) is 6.33. The molecule has 0 amide bonds. The number of pyridine rings is 1. The van der Waals surface area contributed by atoms with Crippen LogP contribution in [0.2, 0.25) is 0 Å². The maximum atomic E-state index is 6.08. The molecule has 3 heterocycles. The summed E-state index contributed by atoms with van der Waals surface area (Å²) in [5.41, 5.74) is 4.44. The molecule has 5 heteroatoms. The number of fused-ring (bicyclic) bond motifs is 1. The van der Waals surface area contributed by atoms with Crippen molar-refractivity contribution < 1.29 is 4.74 Å². The first-order valence-corrected chi connectivity index (χ1v) is 9.21. The van der Waals surface area contributed by atoms with Crippen molar-refractivity contribution in [3.63, 3.8) is 0 Å². The number of hydrogen-bond acceptors (Lipinski definition) is 5. The van der Waals surface area contributed by atoms with Crippen LogP contribution in [-0.4, -0.2) is 29.2 Å². The number of rotatable bonds is 4. The number of anilines is 1. The summed E-state index contributed by atoms with van der Waals surface area (Å²) >= 11 is 1.68. The normalized spacial score (nSPS) is 17.8. The van der Waals surface area contributed by atoms with Gasteiger partial charge in [0.25, 0.3) is 0 Å². The maximum Gasteiger partial charge on any atom is 0.0901 e. The number of benzene rings is 1. The van der Waals surface area contributed by atoms with Gasteiger partial charge in [-0.15, -0.1) is 11.3 Å². The van der Waals surface area contributed by atoms with Crippen LogP contribution in [0.15, 0.2) is 35.7 Å². The van der Waals surface area contributed by atoms with Crippen molar-refractivity contribution in [3.05, 3.63) is 52.1 Å². The van der Waals surface area contributed by atoms with Gasteiger partial charge in [-0.1, -0.05) is 18.2 Å². The molecule has 0 spiro atoms. The summed E-state index contributed by atoms with van der Waals surface area (Å²) in [5, 5.41) is 4.40. The first-order valence-electron chi connectivity index (χ1n) is 8.33. The molecule has 0 bridgehead atoms. The molecule has 124 valence electrons. The van der Waals surface area contributed by atoms with Crippen LogP contribution in [0.4, 0.5) is 5.69 Å². The Balaban J connectivity index is 1.48. The molecule has 0 radical (unpaired) electrons. The van der Waals surface area contributed by atoms with Gasteiger partial charge in [-0.25, -0.2) is 4.98 Å². The highest BCUT2D eigenvalue weighted by Crippen LogP contribution is 2.30. The molecule has 0 saturated carbocycles. The summed E-state index contributed by atoms with van der Waals surface area (Å²) < 4.78 is 6.08. The van der Waals surface area contributed by atoms with Gasteiger partial charge in [0.15, 0.2) is 0 Å². The third kappa shape index (κ3) is 3.14. The minimum Gasteiger partial charge on any atom is -0.370 e. The highest BCUT2D eigenvalue weighted by Gasteiger charge is 2.25. The Morgan fingerprint density at radius 3 is 2.96 bits per heavy atom. The smallest absolute Gasteiger partial charge is 0.0901 e. The van der Waals surface area contributed by atoms with E-state index in [9.17, 15) is 0 Å². The number of ether oxygens (including phenoxy) is 1. The molecule has 0 aliphatic carbocycles. The van der Waals surface area contributed by atoms with Crippen LogP contribution in [-0.2, 0) is 11.3 Å². The van der Waals surface area contributed by atoms with Crippen LogP contribution in [0.5, 0.6) is 0 Å². The van der Waals surface area contributed by atoms with E-state index in [0.29, 0.717) is 6.61 Å². The lowest BCUT2D eigenvalue weighted by molar-refractivity contribution is 0.0536. The zero-order chi connectivity index (χ0) is 16.5. The zero-order valence-electron chi connectivity index (χ0n) is 14.0. The van der Waals surface area contributed by atoms with Gasteiger partial charge in [-0.2, -0.15) is 0 Å². The quantitative estimate of drug-likeness (QED) is 0.717. The van der Waals surface area contributed by atoms with E-state index in [1.165, 1.54) is 11.1 Å². The number of para-hydroxylation sites is 1. The van der Waals surface area contributed by atoms with Crippen LogP contribution in [0, 0.1) is 13.8 Å². The molecule has 0 N–H and O–H groups in total. The van der Waals surface area contributed by atoms with Crippen LogP contribution in [0.1, 0.15) is 22.8 Å². The average molecular weight is 339 g/mol. The van der Waals surface area contributed by atoms with E-state index in [0.717, 1.165) is 41.4 Å². The Hall–Kier alpha value is -1.98. The molecular weight excluding hydrogens is 318 g/mol. The van der Waals surface area contributed by atoms with E-state index in [-0.39, 0.29) is 6.10 Å². The van der Waals surface area contributed by atoms with Gasteiger partial charge in [-0.3, -0.25) is 4.98 Å². The minimum atomic E-state index is 0.263. The van der Waals surface area contributed by atoms with E-state index >= 15 is 0 Å². The second-order valence-corrected chi connectivity index (χ2v) is 7.39. The molecule has 0 unspecified atom stereocenters. The number of nitrogens with zero attached hydrogens (tertiary/aromatic N) is 3. The number of hydrogen-bond donors (Lipinski definition) is 0. The van der Waals surface area contributed by atoms with Crippen molar-refractivity contribution >= 4 is 27.9 Å². The van der Waals surface area contributed by atoms with Gasteiger partial charge in [-0.05, 0) is 32.4 Å². The topological polar surface area (TPSA) is 38.2 Å². The third-order valence-corrected chi connectivity index (χ3v) is 5.26. The minimum absolute atomic E-state index is 0.263. The second kappa shape index (κ2) is 6.49. The summed E-state index contributed by atoms with van der Waals surface area (Å²) in [6.45, 7) is 6.65. The molecule has 3 aromatic rings. The lowest BCUT2D eigenvalue weighted by atomic mass is 10.1. The van der Waals surface area contributed by atoms with Crippen LogP contribution < -0.4 is 4.90 Å². The van der Waals surface area contributed by atoms with E-state index in [1.54, 1.807) is 11.3 Å². The molecule has 1 aromatic carbocycles. The van der Waals surface area contributed by atoms with Gasteiger partial charge in [0.2, 0.25) is 0 Å². The standard InChI is InChI=1S/C19H21N3OS/c1-13-9-19(17-5-3-4-6-18(17)20-13)22-8-7-16(10-22)23-11-15-12-24-14(2)21-15/h3-6,9,12,16H,7-8,10-11H2,1-2H3/t16-/m0/s1. The van der Waals surface area contributed by atoms with Gasteiger partial charge in [0.1, 0.15) is 0 Å². The van der Waals surface area contributed by atoms with Crippen molar-refractivity contribution in [3.8, 4) is 0 Å². The predicted octanol–water partition coefficient (Wildman–Crippen LogP) is 4.10. The molecular formula is C19H21N3OS. The molecule has 1 aliphatic heterocycles. The molecule has 2 aromatic heterocycles. The number of aromatic nitrogens is 2. The Bertz CT molecular complexity index is 861. The molecule has 1 fully saturated rings. The first-order chi connectivity index (χ1) is 11.7. The molecule has 24 heavy (non-hydrogen) atoms. The summed E-state index contributed by atoms with van der Waals surface area (Å²) in [5.74, 6) is 0. The lowest BCUT2D eigenvalue weighted by Crippen LogP contribution is -2.23. The van der Waals surface area contributed by atoms with Crippen molar-refractivity contribution in [1.29, 1.82) is 0 Å². The number of thiazole rings is 1. The molecule has 1 aliphatic rings. The van der Waals surface area contributed by atoms with Crippen molar-refractivity contribution in [1.82, 2.24) is 9.97 Å². The molecule has 4 nitrogen and oxygen atoms in total. The SMILES string of the molecule is Cc1cc(N2CC[C@H](OCc3csc(C)n3)C2)c2ccccc2n1. The Morgan fingerprint density at radius 1 is 1.25 bits per heavy atom. The van der Waals surface area contributed by atoms with Gasteiger partial charge in [0, 0.05) is 35.2 Å². The van der Waals surface area contributed by atoms with Crippen molar-refractivity contribution in [2.75, 3.05) is 18.0 Å². The Morgan fingerprint density at radius 2 is 2.12 bits per heavy atom. The van der Waals surface area contributed by atoms with Crippen LogP contribution in [0.3, 0.4) is 0 Å². The van der Waals surface area contributed by atoms with Crippen LogP contribution >= 0.6 is 11.3 Å².